The highest BCUT2D eigenvalue weighted by Gasteiger charge is 2.22. The van der Waals surface area contributed by atoms with Crippen molar-refractivity contribution in [2.24, 2.45) is 0 Å². The first kappa shape index (κ1) is 16.4. The molecule has 0 fully saturated rings. The fourth-order valence-electron chi connectivity index (χ4n) is 1.47. The number of ether oxygens (including phenoxy) is 1. The number of halogens is 1. The maximum atomic E-state index is 12.1. The fraction of sp³-hybridized carbons (Fsp3) is 0.500. The Balaban J connectivity index is 2.84. The van der Waals surface area contributed by atoms with Crippen molar-refractivity contribution in [2.75, 3.05) is 18.9 Å². The van der Waals surface area contributed by atoms with Crippen LogP contribution in [-0.4, -0.2) is 27.2 Å². The molecule has 0 saturated heterocycles. The number of nitrogens with two attached hydrogens (primary N) is 1. The van der Waals surface area contributed by atoms with Gasteiger partial charge in [-0.25, -0.2) is 13.1 Å². The number of anilines is 1. The van der Waals surface area contributed by atoms with Gasteiger partial charge >= 0.3 is 0 Å². The van der Waals surface area contributed by atoms with Gasteiger partial charge in [-0.15, -0.1) is 0 Å². The van der Waals surface area contributed by atoms with Crippen LogP contribution in [0.4, 0.5) is 5.69 Å². The molecule has 3 N–H and O–H groups in total. The lowest BCUT2D eigenvalue weighted by atomic mass is 10.1. The molecule has 0 saturated carbocycles. The first-order valence-electron chi connectivity index (χ1n) is 5.86. The van der Waals surface area contributed by atoms with E-state index in [2.05, 4.69) is 20.7 Å². The van der Waals surface area contributed by atoms with Gasteiger partial charge in [0.2, 0.25) is 10.0 Å². The van der Waals surface area contributed by atoms with Crippen LogP contribution in [0.2, 0.25) is 0 Å². The van der Waals surface area contributed by atoms with Gasteiger partial charge in [-0.2, -0.15) is 0 Å². The van der Waals surface area contributed by atoms with Gasteiger partial charge in [-0.05, 0) is 54.9 Å². The van der Waals surface area contributed by atoms with Crippen molar-refractivity contribution in [3.63, 3.8) is 0 Å². The molecule has 0 aromatic heterocycles. The molecule has 7 heteroatoms. The maximum absolute atomic E-state index is 12.1. The molecule has 1 rings (SSSR count). The number of sulfonamides is 1. The lowest BCUT2D eigenvalue weighted by Gasteiger charge is -2.24. The van der Waals surface area contributed by atoms with Crippen LogP contribution in [0, 0.1) is 0 Å². The first-order chi connectivity index (χ1) is 8.68. The molecule has 0 spiro atoms. The number of nitrogen functional groups attached to an aromatic ring is 1. The van der Waals surface area contributed by atoms with E-state index < -0.39 is 15.6 Å². The minimum Gasteiger partial charge on any atom is -0.398 e. The summed E-state index contributed by atoms with van der Waals surface area (Å²) in [6, 6.07) is 4.49. The van der Waals surface area contributed by atoms with Crippen LogP contribution in [0.3, 0.4) is 0 Å². The van der Waals surface area contributed by atoms with Crippen molar-refractivity contribution in [1.82, 2.24) is 4.72 Å². The van der Waals surface area contributed by atoms with E-state index in [-0.39, 0.29) is 11.4 Å². The van der Waals surface area contributed by atoms with E-state index in [0.717, 1.165) is 0 Å². The van der Waals surface area contributed by atoms with Crippen molar-refractivity contribution in [3.05, 3.63) is 22.7 Å². The van der Waals surface area contributed by atoms with Crippen molar-refractivity contribution >= 4 is 31.6 Å². The molecule has 0 radical (unpaired) electrons. The van der Waals surface area contributed by atoms with Crippen LogP contribution in [0.15, 0.2) is 27.6 Å². The van der Waals surface area contributed by atoms with Crippen LogP contribution in [0.5, 0.6) is 0 Å². The number of hydrogen-bond donors (Lipinski definition) is 2. The molecule has 0 bridgehead atoms. The summed E-state index contributed by atoms with van der Waals surface area (Å²) in [5.41, 5.74) is 5.58. The van der Waals surface area contributed by atoms with Crippen molar-refractivity contribution in [1.29, 1.82) is 0 Å². The third-order valence-electron chi connectivity index (χ3n) is 2.51. The summed E-state index contributed by atoms with van der Waals surface area (Å²) in [5, 5.41) is 0. The maximum Gasteiger partial charge on any atom is 0.240 e. The Morgan fingerprint density at radius 3 is 2.58 bits per heavy atom. The number of rotatable bonds is 6. The van der Waals surface area contributed by atoms with Crippen LogP contribution in [0.1, 0.15) is 20.8 Å². The Morgan fingerprint density at radius 1 is 1.42 bits per heavy atom. The predicted molar refractivity (Wildman–Crippen MR) is 79.4 cm³/mol. The highest BCUT2D eigenvalue weighted by molar-refractivity contribution is 9.10. The van der Waals surface area contributed by atoms with E-state index in [1.165, 1.54) is 12.1 Å². The zero-order chi connectivity index (χ0) is 14.7. The van der Waals surface area contributed by atoms with Gasteiger partial charge in [-0.3, -0.25) is 0 Å². The van der Waals surface area contributed by atoms with Crippen molar-refractivity contribution in [3.8, 4) is 0 Å². The molecule has 0 heterocycles. The molecule has 5 nitrogen and oxygen atoms in total. The van der Waals surface area contributed by atoms with Gasteiger partial charge in [0.05, 0.1) is 10.5 Å². The van der Waals surface area contributed by atoms with Crippen LogP contribution < -0.4 is 10.5 Å². The Labute approximate surface area is 122 Å². The molecular formula is C12H19BrN2O3S. The third kappa shape index (κ3) is 4.76. The molecule has 108 valence electrons. The minimum atomic E-state index is -3.57. The standard InChI is InChI=1S/C12H19BrN2O3S/c1-4-18-12(2,3)8-15-19(16,17)9-5-6-11(14)10(13)7-9/h5-7,15H,4,8,14H2,1-3H3. The summed E-state index contributed by atoms with van der Waals surface area (Å²) in [6.45, 7) is 6.26. The van der Waals surface area contributed by atoms with Gasteiger partial charge < -0.3 is 10.5 Å². The predicted octanol–water partition coefficient (Wildman–Crippen LogP) is 2.12. The van der Waals surface area contributed by atoms with Crippen LogP contribution >= 0.6 is 15.9 Å². The second kappa shape index (κ2) is 6.21. The van der Waals surface area contributed by atoms with Gasteiger partial charge in [0.1, 0.15) is 0 Å². The summed E-state index contributed by atoms with van der Waals surface area (Å²) in [6.07, 6.45) is 0. The van der Waals surface area contributed by atoms with Gasteiger partial charge in [0.15, 0.2) is 0 Å². The Morgan fingerprint density at radius 2 is 2.05 bits per heavy atom. The van der Waals surface area contributed by atoms with Gasteiger partial charge in [0.25, 0.3) is 0 Å². The molecule has 0 atom stereocenters. The Hall–Kier alpha value is -0.630. The number of benzene rings is 1. The largest absolute Gasteiger partial charge is 0.398 e. The van der Waals surface area contributed by atoms with Crippen molar-refractivity contribution in [2.45, 2.75) is 31.3 Å². The average molecular weight is 351 g/mol. The van der Waals surface area contributed by atoms with Gasteiger partial charge in [-0.1, -0.05) is 0 Å². The third-order valence-corrected chi connectivity index (χ3v) is 4.59. The summed E-state index contributed by atoms with van der Waals surface area (Å²) in [4.78, 5) is 0.167. The summed E-state index contributed by atoms with van der Waals surface area (Å²) in [7, 11) is -3.57. The monoisotopic (exact) mass is 350 g/mol. The van der Waals surface area contributed by atoms with E-state index in [0.29, 0.717) is 16.8 Å². The first-order valence-corrected chi connectivity index (χ1v) is 8.14. The van der Waals surface area contributed by atoms with Crippen LogP contribution in [0.25, 0.3) is 0 Å². The lowest BCUT2D eigenvalue weighted by molar-refractivity contribution is -0.00515. The summed E-state index contributed by atoms with van der Waals surface area (Å²) >= 11 is 3.21. The Bertz CT molecular complexity index is 544. The average Bonchev–Trinajstić information content (AvgIpc) is 2.30. The smallest absolute Gasteiger partial charge is 0.240 e. The number of hydrogen-bond acceptors (Lipinski definition) is 4. The summed E-state index contributed by atoms with van der Waals surface area (Å²) < 4.78 is 32.8. The Kier molecular flexibility index (Phi) is 5.37. The van der Waals surface area contributed by atoms with E-state index in [4.69, 9.17) is 10.5 Å². The highest BCUT2D eigenvalue weighted by Crippen LogP contribution is 2.23. The SMILES string of the molecule is CCOC(C)(C)CNS(=O)(=O)c1ccc(N)c(Br)c1. The zero-order valence-electron chi connectivity index (χ0n) is 11.2. The normalized spacial score (nSPS) is 12.6. The minimum absolute atomic E-state index is 0.167. The molecule has 19 heavy (non-hydrogen) atoms. The van der Waals surface area contributed by atoms with E-state index >= 15 is 0 Å². The highest BCUT2D eigenvalue weighted by atomic mass is 79.9. The lowest BCUT2D eigenvalue weighted by Crippen LogP contribution is -2.40. The molecule has 0 aliphatic heterocycles. The second-order valence-corrected chi connectivity index (χ2v) is 7.32. The number of nitrogens with one attached hydrogen (secondary N) is 1. The van der Waals surface area contributed by atoms with Gasteiger partial charge in [0, 0.05) is 23.3 Å². The molecule has 1 aromatic carbocycles. The van der Waals surface area contributed by atoms with E-state index in [1.807, 2.05) is 20.8 Å². The quantitative estimate of drug-likeness (QED) is 0.770. The molecular weight excluding hydrogens is 332 g/mol. The second-order valence-electron chi connectivity index (χ2n) is 4.70. The van der Waals surface area contributed by atoms with Crippen molar-refractivity contribution < 1.29 is 13.2 Å². The topological polar surface area (TPSA) is 81.4 Å². The molecule has 1 aromatic rings. The molecule has 0 aliphatic carbocycles. The molecule has 0 amide bonds. The zero-order valence-corrected chi connectivity index (χ0v) is 13.6. The summed E-state index contributed by atoms with van der Waals surface area (Å²) in [5.74, 6) is 0. The van der Waals surface area contributed by atoms with Crippen LogP contribution in [-0.2, 0) is 14.8 Å². The molecule has 0 aliphatic rings. The van der Waals surface area contributed by atoms with E-state index in [1.54, 1.807) is 6.07 Å². The van der Waals surface area contributed by atoms with E-state index in [9.17, 15) is 8.42 Å². The molecule has 0 unspecified atom stereocenters. The fourth-order valence-corrected chi connectivity index (χ4v) is 3.22.